The number of aliphatic hydroxyl groups excluding tert-OH is 1. The van der Waals surface area contributed by atoms with Crippen molar-refractivity contribution >= 4 is 17.2 Å². The van der Waals surface area contributed by atoms with Crippen molar-refractivity contribution in [3.63, 3.8) is 0 Å². The van der Waals surface area contributed by atoms with Crippen LogP contribution in [0, 0.1) is 0 Å². The first-order valence-electron chi connectivity index (χ1n) is 6.32. The van der Waals surface area contributed by atoms with Gasteiger partial charge in [0.25, 0.3) is 5.91 Å². The van der Waals surface area contributed by atoms with Crippen LogP contribution in [0.2, 0.25) is 0 Å². The number of hydrogen-bond donors (Lipinski definition) is 2. The molecule has 4 heteroatoms. The van der Waals surface area contributed by atoms with Crippen LogP contribution in [0.3, 0.4) is 0 Å². The molecular formula is C13H19NO2S. The van der Waals surface area contributed by atoms with Gasteiger partial charge in [-0.2, -0.15) is 0 Å². The number of amides is 1. The molecule has 0 atom stereocenters. The number of aliphatic hydroxyl groups is 1. The number of hydrogen-bond acceptors (Lipinski definition) is 3. The van der Waals surface area contributed by atoms with Crippen LogP contribution < -0.4 is 5.32 Å². The molecule has 0 unspecified atom stereocenters. The van der Waals surface area contributed by atoms with Gasteiger partial charge in [-0.1, -0.05) is 12.8 Å². The molecule has 0 saturated carbocycles. The average Bonchev–Trinajstić information content (AvgIpc) is 2.68. The van der Waals surface area contributed by atoms with Crippen LogP contribution in [-0.2, 0) is 12.8 Å². The molecule has 0 aliphatic heterocycles. The number of carbonyl (C=O) groups excluding carboxylic acids is 1. The maximum atomic E-state index is 11.8. The zero-order valence-electron chi connectivity index (χ0n) is 10.00. The van der Waals surface area contributed by atoms with Crippen molar-refractivity contribution in [2.24, 2.45) is 0 Å². The molecule has 1 aliphatic rings. The Kier molecular flexibility index (Phi) is 4.57. The Morgan fingerprint density at radius 1 is 1.29 bits per heavy atom. The summed E-state index contributed by atoms with van der Waals surface area (Å²) in [6, 6.07) is 2.04. The Morgan fingerprint density at radius 3 is 2.82 bits per heavy atom. The van der Waals surface area contributed by atoms with Gasteiger partial charge in [-0.15, -0.1) is 11.3 Å². The zero-order valence-corrected chi connectivity index (χ0v) is 10.8. The van der Waals surface area contributed by atoms with Gasteiger partial charge in [-0.25, -0.2) is 0 Å². The van der Waals surface area contributed by atoms with Crippen LogP contribution in [0.4, 0.5) is 0 Å². The van der Waals surface area contributed by atoms with Gasteiger partial charge >= 0.3 is 0 Å². The molecule has 1 aliphatic carbocycles. The summed E-state index contributed by atoms with van der Waals surface area (Å²) in [4.78, 5) is 14.0. The van der Waals surface area contributed by atoms with Crippen molar-refractivity contribution in [1.82, 2.24) is 5.32 Å². The first-order chi connectivity index (χ1) is 8.31. The van der Waals surface area contributed by atoms with E-state index in [1.807, 2.05) is 6.07 Å². The molecule has 0 spiro atoms. The summed E-state index contributed by atoms with van der Waals surface area (Å²) in [5, 5.41) is 11.4. The number of thiophene rings is 1. The predicted octanol–water partition coefficient (Wildman–Crippen LogP) is 2.13. The Labute approximate surface area is 106 Å². The van der Waals surface area contributed by atoms with Gasteiger partial charge in [0.1, 0.15) is 0 Å². The van der Waals surface area contributed by atoms with E-state index >= 15 is 0 Å². The lowest BCUT2D eigenvalue weighted by molar-refractivity contribution is 0.0949. The number of nitrogens with one attached hydrogen (secondary N) is 1. The molecule has 0 bridgehead atoms. The van der Waals surface area contributed by atoms with Crippen LogP contribution in [0.5, 0.6) is 0 Å². The fourth-order valence-corrected chi connectivity index (χ4v) is 3.38. The summed E-state index contributed by atoms with van der Waals surface area (Å²) >= 11 is 1.62. The summed E-state index contributed by atoms with van der Waals surface area (Å²) in [5.41, 5.74) is 1.36. The van der Waals surface area contributed by atoms with Gasteiger partial charge in [0.05, 0.1) is 11.5 Å². The van der Waals surface area contributed by atoms with Crippen molar-refractivity contribution in [3.8, 4) is 0 Å². The molecule has 94 valence electrons. The highest BCUT2D eigenvalue weighted by Crippen LogP contribution is 2.28. The first-order valence-corrected chi connectivity index (χ1v) is 7.13. The third-order valence-corrected chi connectivity index (χ3v) is 4.35. The number of rotatable bonds is 3. The van der Waals surface area contributed by atoms with E-state index in [1.165, 1.54) is 36.1 Å². The minimum Gasteiger partial charge on any atom is -0.395 e. The van der Waals surface area contributed by atoms with Crippen LogP contribution >= 0.6 is 11.3 Å². The van der Waals surface area contributed by atoms with E-state index < -0.39 is 0 Å². The monoisotopic (exact) mass is 253 g/mol. The van der Waals surface area contributed by atoms with E-state index in [-0.39, 0.29) is 12.5 Å². The SMILES string of the molecule is O=C(NCCO)c1cc2c(s1)CCCCCC2. The molecule has 0 radical (unpaired) electrons. The third kappa shape index (κ3) is 3.30. The second-order valence-electron chi connectivity index (χ2n) is 4.45. The molecule has 0 fully saturated rings. The van der Waals surface area contributed by atoms with Gasteiger partial charge in [-0.3, -0.25) is 4.79 Å². The number of carbonyl (C=O) groups is 1. The molecule has 3 nitrogen and oxygen atoms in total. The smallest absolute Gasteiger partial charge is 0.261 e. The standard InChI is InChI=1S/C13H19NO2S/c15-8-7-14-13(16)12-9-10-5-3-1-2-4-6-11(10)17-12/h9,15H,1-8H2,(H,14,16). The van der Waals surface area contributed by atoms with Crippen molar-refractivity contribution in [2.75, 3.05) is 13.2 Å². The maximum Gasteiger partial charge on any atom is 0.261 e. The van der Waals surface area contributed by atoms with Crippen LogP contribution in [-0.4, -0.2) is 24.2 Å². The van der Waals surface area contributed by atoms with E-state index in [4.69, 9.17) is 5.11 Å². The van der Waals surface area contributed by atoms with Gasteiger partial charge in [0.2, 0.25) is 0 Å². The lowest BCUT2D eigenvalue weighted by Crippen LogP contribution is -2.25. The van der Waals surface area contributed by atoms with Crippen LogP contribution in [0.15, 0.2) is 6.07 Å². The van der Waals surface area contributed by atoms with Gasteiger partial charge in [0, 0.05) is 11.4 Å². The number of aryl methyl sites for hydroxylation is 2. The van der Waals surface area contributed by atoms with E-state index in [0.717, 1.165) is 17.7 Å². The summed E-state index contributed by atoms with van der Waals surface area (Å²) in [7, 11) is 0. The molecule has 2 N–H and O–H groups in total. The minimum atomic E-state index is -0.0456. The highest BCUT2D eigenvalue weighted by molar-refractivity contribution is 7.14. The molecule has 1 heterocycles. The highest BCUT2D eigenvalue weighted by atomic mass is 32.1. The molecule has 1 aromatic heterocycles. The fourth-order valence-electron chi connectivity index (χ4n) is 2.21. The minimum absolute atomic E-state index is 0.00315. The Hall–Kier alpha value is -0.870. The Morgan fingerprint density at radius 2 is 2.06 bits per heavy atom. The van der Waals surface area contributed by atoms with Crippen LogP contribution in [0.25, 0.3) is 0 Å². The predicted molar refractivity (Wildman–Crippen MR) is 69.6 cm³/mol. The fraction of sp³-hybridized carbons (Fsp3) is 0.615. The molecule has 1 amide bonds. The second-order valence-corrected chi connectivity index (χ2v) is 5.59. The van der Waals surface area contributed by atoms with E-state index in [1.54, 1.807) is 11.3 Å². The summed E-state index contributed by atoms with van der Waals surface area (Å²) in [6.45, 7) is 0.332. The maximum absolute atomic E-state index is 11.8. The lowest BCUT2D eigenvalue weighted by Gasteiger charge is -2.07. The van der Waals surface area contributed by atoms with E-state index in [0.29, 0.717) is 6.54 Å². The average molecular weight is 253 g/mol. The Balaban J connectivity index is 2.09. The second kappa shape index (κ2) is 6.17. The highest BCUT2D eigenvalue weighted by Gasteiger charge is 2.15. The largest absolute Gasteiger partial charge is 0.395 e. The van der Waals surface area contributed by atoms with Crippen molar-refractivity contribution in [1.29, 1.82) is 0 Å². The first kappa shape index (κ1) is 12.6. The molecule has 17 heavy (non-hydrogen) atoms. The van der Waals surface area contributed by atoms with Crippen LogP contribution in [0.1, 0.15) is 45.8 Å². The van der Waals surface area contributed by atoms with Crippen molar-refractivity contribution in [2.45, 2.75) is 38.5 Å². The lowest BCUT2D eigenvalue weighted by atomic mass is 10.00. The molecule has 1 aromatic rings. The van der Waals surface area contributed by atoms with Gasteiger partial charge in [-0.05, 0) is 37.3 Å². The molecular weight excluding hydrogens is 234 g/mol. The van der Waals surface area contributed by atoms with Crippen molar-refractivity contribution < 1.29 is 9.90 Å². The summed E-state index contributed by atoms with van der Waals surface area (Å²) < 4.78 is 0. The van der Waals surface area contributed by atoms with Crippen molar-refractivity contribution in [3.05, 3.63) is 21.4 Å². The molecule has 2 rings (SSSR count). The van der Waals surface area contributed by atoms with E-state index in [2.05, 4.69) is 5.32 Å². The van der Waals surface area contributed by atoms with E-state index in [9.17, 15) is 4.79 Å². The topological polar surface area (TPSA) is 49.3 Å². The quantitative estimate of drug-likeness (QED) is 0.867. The molecule has 0 saturated heterocycles. The number of fused-ring (bicyclic) bond motifs is 1. The Bertz CT molecular complexity index is 361. The third-order valence-electron chi connectivity index (χ3n) is 3.12. The van der Waals surface area contributed by atoms with Gasteiger partial charge in [0.15, 0.2) is 0 Å². The normalized spacial score (nSPS) is 15.8. The summed E-state index contributed by atoms with van der Waals surface area (Å²) in [5.74, 6) is -0.0456. The molecule has 0 aromatic carbocycles. The zero-order chi connectivity index (χ0) is 12.1. The summed E-state index contributed by atoms with van der Waals surface area (Å²) in [6.07, 6.45) is 7.32. The van der Waals surface area contributed by atoms with Gasteiger partial charge < -0.3 is 10.4 Å².